The number of hydrogen-bond acceptors (Lipinski definition) is 6. The van der Waals surface area contributed by atoms with Gasteiger partial charge in [0, 0.05) is 12.1 Å². The van der Waals surface area contributed by atoms with Crippen LogP contribution in [0.15, 0.2) is 60.9 Å². The number of aromatic nitrogens is 2. The van der Waals surface area contributed by atoms with E-state index in [0.29, 0.717) is 17.1 Å². The van der Waals surface area contributed by atoms with E-state index >= 15 is 0 Å². The van der Waals surface area contributed by atoms with E-state index < -0.39 is 11.9 Å². The van der Waals surface area contributed by atoms with Crippen LogP contribution in [-0.4, -0.2) is 29.0 Å². The van der Waals surface area contributed by atoms with Crippen LogP contribution < -0.4 is 10.6 Å². The second kappa shape index (κ2) is 8.72. The minimum atomic E-state index is -0.560. The van der Waals surface area contributed by atoms with Crippen LogP contribution in [0.25, 0.3) is 0 Å². The van der Waals surface area contributed by atoms with Crippen molar-refractivity contribution in [1.29, 1.82) is 0 Å². The average Bonchev–Trinajstić information content (AvgIpc) is 2.73. The van der Waals surface area contributed by atoms with Crippen LogP contribution in [0, 0.1) is 5.82 Å². The Morgan fingerprint density at radius 3 is 2.50 bits per heavy atom. The van der Waals surface area contributed by atoms with Gasteiger partial charge in [-0.25, -0.2) is 19.2 Å². The molecule has 0 aliphatic rings. The highest BCUT2D eigenvalue weighted by atomic mass is 19.1. The predicted molar refractivity (Wildman–Crippen MR) is 101 cm³/mol. The Labute approximate surface area is 160 Å². The number of carbonyl (C=O) groups is 2. The number of nitrogens with zero attached hydrogens (tertiary/aromatic N) is 2. The monoisotopic (exact) mass is 380 g/mol. The van der Waals surface area contributed by atoms with Gasteiger partial charge in [-0.2, -0.15) is 0 Å². The van der Waals surface area contributed by atoms with Crippen LogP contribution in [0.3, 0.4) is 0 Å². The van der Waals surface area contributed by atoms with E-state index in [2.05, 4.69) is 20.6 Å². The second-order valence-corrected chi connectivity index (χ2v) is 5.72. The summed E-state index contributed by atoms with van der Waals surface area (Å²) in [5, 5.41) is 5.56. The van der Waals surface area contributed by atoms with E-state index in [1.54, 1.807) is 42.5 Å². The van der Waals surface area contributed by atoms with Gasteiger partial charge in [0.2, 0.25) is 0 Å². The first-order valence-corrected chi connectivity index (χ1v) is 8.36. The zero-order valence-electron chi connectivity index (χ0n) is 15.0. The SMILES string of the molecule is COC(=O)c1ccccc1NC(=O)c1cnc(NCc2ccccc2F)cn1. The third-order valence-electron chi connectivity index (χ3n) is 3.88. The van der Waals surface area contributed by atoms with E-state index in [0.717, 1.165) is 0 Å². The number of esters is 1. The third kappa shape index (κ3) is 4.47. The largest absolute Gasteiger partial charge is 0.465 e. The lowest BCUT2D eigenvalue weighted by Crippen LogP contribution is -2.17. The molecule has 0 spiro atoms. The third-order valence-corrected chi connectivity index (χ3v) is 3.88. The molecular weight excluding hydrogens is 363 g/mol. The maximum absolute atomic E-state index is 13.6. The topological polar surface area (TPSA) is 93.2 Å². The van der Waals surface area contributed by atoms with Crippen LogP contribution >= 0.6 is 0 Å². The highest BCUT2D eigenvalue weighted by molar-refractivity contribution is 6.06. The fourth-order valence-electron chi connectivity index (χ4n) is 2.43. The summed E-state index contributed by atoms with van der Waals surface area (Å²) in [6.45, 7) is 0.236. The number of halogens is 1. The van der Waals surface area contributed by atoms with Crippen LogP contribution in [-0.2, 0) is 11.3 Å². The Morgan fingerprint density at radius 2 is 1.79 bits per heavy atom. The Bertz CT molecular complexity index is 993. The number of nitrogens with one attached hydrogen (secondary N) is 2. The Morgan fingerprint density at radius 1 is 1.04 bits per heavy atom. The van der Waals surface area contributed by atoms with Gasteiger partial charge in [-0.3, -0.25) is 4.79 Å². The molecule has 7 nitrogen and oxygen atoms in total. The molecule has 0 aliphatic heterocycles. The number of anilines is 2. The molecule has 3 rings (SSSR count). The van der Waals surface area contributed by atoms with Crippen molar-refractivity contribution in [3.05, 3.63) is 83.6 Å². The first kappa shape index (κ1) is 19.0. The highest BCUT2D eigenvalue weighted by Crippen LogP contribution is 2.17. The number of methoxy groups -OCH3 is 1. The lowest BCUT2D eigenvalue weighted by Gasteiger charge is -2.10. The zero-order valence-corrected chi connectivity index (χ0v) is 15.0. The predicted octanol–water partition coefficient (Wildman–Crippen LogP) is 3.27. The molecule has 3 aromatic rings. The van der Waals surface area contributed by atoms with Crippen LogP contribution in [0.5, 0.6) is 0 Å². The standard InChI is InChI=1S/C20H17FN4O3/c1-28-20(27)14-7-3-5-9-16(14)25-19(26)17-11-24-18(12-22-17)23-10-13-6-2-4-8-15(13)21/h2-9,11-12H,10H2,1H3,(H,23,24)(H,25,26). The smallest absolute Gasteiger partial charge is 0.339 e. The molecular formula is C20H17FN4O3. The molecule has 2 N–H and O–H groups in total. The Kier molecular flexibility index (Phi) is 5.91. The van der Waals surface area contributed by atoms with Crippen molar-refractivity contribution in [2.75, 3.05) is 17.7 Å². The number of carbonyl (C=O) groups excluding carboxylic acids is 2. The Hall–Kier alpha value is -3.81. The molecule has 0 saturated carbocycles. The van der Waals surface area contributed by atoms with E-state index in [-0.39, 0.29) is 23.6 Å². The second-order valence-electron chi connectivity index (χ2n) is 5.72. The molecule has 0 unspecified atom stereocenters. The molecule has 28 heavy (non-hydrogen) atoms. The first-order valence-electron chi connectivity index (χ1n) is 8.36. The molecule has 0 aliphatic carbocycles. The lowest BCUT2D eigenvalue weighted by molar-refractivity contribution is 0.0602. The van der Waals surface area contributed by atoms with Gasteiger partial charge >= 0.3 is 5.97 Å². The first-order chi connectivity index (χ1) is 13.6. The van der Waals surface area contributed by atoms with E-state index in [4.69, 9.17) is 4.74 Å². The van der Waals surface area contributed by atoms with Crippen LogP contribution in [0.4, 0.5) is 15.9 Å². The van der Waals surface area contributed by atoms with Gasteiger partial charge in [0.25, 0.3) is 5.91 Å². The maximum Gasteiger partial charge on any atom is 0.339 e. The summed E-state index contributed by atoms with van der Waals surface area (Å²) in [5.41, 5.74) is 1.10. The number of rotatable bonds is 6. The minimum absolute atomic E-state index is 0.0658. The van der Waals surface area contributed by atoms with Gasteiger partial charge in [-0.15, -0.1) is 0 Å². The van der Waals surface area contributed by atoms with Gasteiger partial charge in [0.1, 0.15) is 17.3 Å². The van der Waals surface area contributed by atoms with Crippen molar-refractivity contribution in [1.82, 2.24) is 9.97 Å². The van der Waals surface area contributed by atoms with Crippen molar-refractivity contribution >= 4 is 23.4 Å². The summed E-state index contributed by atoms with van der Waals surface area (Å²) in [6, 6.07) is 12.9. The van der Waals surface area contributed by atoms with E-state index in [1.807, 2.05) is 0 Å². The molecule has 1 aromatic heterocycles. The molecule has 1 amide bonds. The average molecular weight is 380 g/mol. The molecule has 8 heteroatoms. The van der Waals surface area contributed by atoms with Crippen molar-refractivity contribution in [2.45, 2.75) is 6.54 Å². The number of hydrogen-bond donors (Lipinski definition) is 2. The van der Waals surface area contributed by atoms with Gasteiger partial charge < -0.3 is 15.4 Å². The summed E-state index contributed by atoms with van der Waals surface area (Å²) >= 11 is 0. The summed E-state index contributed by atoms with van der Waals surface area (Å²) < 4.78 is 18.3. The molecule has 0 radical (unpaired) electrons. The fourth-order valence-corrected chi connectivity index (χ4v) is 2.43. The maximum atomic E-state index is 13.6. The molecule has 0 atom stereocenters. The van der Waals surface area contributed by atoms with Crippen LogP contribution in [0.1, 0.15) is 26.4 Å². The summed E-state index contributed by atoms with van der Waals surface area (Å²) in [5.74, 6) is -1.00. The number of amides is 1. The lowest BCUT2D eigenvalue weighted by atomic mass is 10.1. The van der Waals surface area contributed by atoms with Crippen molar-refractivity contribution < 1.29 is 18.7 Å². The van der Waals surface area contributed by atoms with Gasteiger partial charge in [-0.05, 0) is 18.2 Å². The Balaban J connectivity index is 1.66. The number of ether oxygens (including phenoxy) is 1. The molecule has 142 valence electrons. The normalized spacial score (nSPS) is 10.2. The molecule has 0 bridgehead atoms. The van der Waals surface area contributed by atoms with Crippen molar-refractivity contribution in [3.63, 3.8) is 0 Å². The molecule has 0 saturated heterocycles. The van der Waals surface area contributed by atoms with Gasteiger partial charge in [0.15, 0.2) is 0 Å². The molecule has 1 heterocycles. The fraction of sp³-hybridized carbons (Fsp3) is 0.100. The zero-order chi connectivity index (χ0) is 19.9. The molecule has 0 fully saturated rings. The van der Waals surface area contributed by atoms with Gasteiger partial charge in [0.05, 0.1) is 30.8 Å². The quantitative estimate of drug-likeness (QED) is 0.638. The number of benzene rings is 2. The summed E-state index contributed by atoms with van der Waals surface area (Å²) in [7, 11) is 1.26. The van der Waals surface area contributed by atoms with E-state index in [9.17, 15) is 14.0 Å². The minimum Gasteiger partial charge on any atom is -0.465 e. The van der Waals surface area contributed by atoms with Crippen molar-refractivity contribution in [3.8, 4) is 0 Å². The van der Waals surface area contributed by atoms with Crippen molar-refractivity contribution in [2.24, 2.45) is 0 Å². The van der Waals surface area contributed by atoms with Crippen LogP contribution in [0.2, 0.25) is 0 Å². The summed E-state index contributed by atoms with van der Waals surface area (Å²) in [6.07, 6.45) is 2.67. The molecule has 2 aromatic carbocycles. The van der Waals surface area contributed by atoms with Gasteiger partial charge in [-0.1, -0.05) is 30.3 Å². The highest BCUT2D eigenvalue weighted by Gasteiger charge is 2.15. The van der Waals surface area contributed by atoms with E-state index in [1.165, 1.54) is 25.6 Å². The number of para-hydroxylation sites is 1. The summed E-state index contributed by atoms with van der Waals surface area (Å²) in [4.78, 5) is 32.3.